The molecule has 1 N–H and O–H groups in total. The van der Waals surface area contributed by atoms with E-state index in [0.29, 0.717) is 0 Å². The van der Waals surface area contributed by atoms with Crippen LogP contribution in [0.25, 0.3) is 0 Å². The average Bonchev–Trinajstić information content (AvgIpc) is 2.76. The van der Waals surface area contributed by atoms with Gasteiger partial charge in [-0.15, -0.1) is 11.3 Å². The predicted octanol–water partition coefficient (Wildman–Crippen LogP) is 5.01. The largest absolute Gasteiger partial charge is 0.310 e. The molecule has 2 aromatic rings. The number of halogens is 1. The van der Waals surface area contributed by atoms with Crippen molar-refractivity contribution in [1.82, 2.24) is 10.3 Å². The molecule has 1 atom stereocenters. The van der Waals surface area contributed by atoms with Crippen molar-refractivity contribution in [3.05, 3.63) is 49.9 Å². The van der Waals surface area contributed by atoms with E-state index in [2.05, 4.69) is 44.1 Å². The molecule has 21 heavy (non-hydrogen) atoms. The molecule has 0 aliphatic rings. The second-order valence-corrected chi connectivity index (χ2v) is 7.11. The molecule has 0 aliphatic heterocycles. The molecule has 1 aromatic carbocycles. The first-order valence-corrected chi connectivity index (χ1v) is 8.63. The van der Waals surface area contributed by atoms with Crippen LogP contribution in [0.1, 0.15) is 46.1 Å². The zero-order valence-corrected chi connectivity index (χ0v) is 14.7. The number of aromatic nitrogens is 1. The van der Waals surface area contributed by atoms with E-state index in [1.54, 1.807) is 11.3 Å². The highest BCUT2D eigenvalue weighted by Gasteiger charge is 2.17. The van der Waals surface area contributed by atoms with Crippen LogP contribution in [-0.4, -0.2) is 11.5 Å². The summed E-state index contributed by atoms with van der Waals surface area (Å²) in [6.45, 7) is 9.49. The van der Waals surface area contributed by atoms with Gasteiger partial charge in [0.1, 0.15) is 0 Å². The Morgan fingerprint density at radius 1 is 1.29 bits per heavy atom. The molecule has 1 heterocycles. The lowest BCUT2D eigenvalue weighted by atomic mass is 9.98. The minimum Gasteiger partial charge on any atom is -0.310 e. The van der Waals surface area contributed by atoms with Gasteiger partial charge in [0.05, 0.1) is 10.7 Å². The zero-order chi connectivity index (χ0) is 15.4. The maximum absolute atomic E-state index is 6.28. The molecule has 0 fully saturated rings. The predicted molar refractivity (Wildman–Crippen MR) is 92.5 cm³/mol. The van der Waals surface area contributed by atoms with Crippen molar-refractivity contribution >= 4 is 22.9 Å². The molecule has 0 saturated heterocycles. The molecule has 0 bridgehead atoms. The fraction of sp³-hybridized carbons (Fsp3) is 0.471. The molecule has 0 saturated carbocycles. The Balaban J connectivity index is 2.27. The SMILES string of the molecule is CCCNC(Cc1nc(C)c(C)s1)c1cccc(Cl)c1C. The minimum atomic E-state index is 0.272. The zero-order valence-electron chi connectivity index (χ0n) is 13.2. The van der Waals surface area contributed by atoms with Gasteiger partial charge in [-0.1, -0.05) is 30.7 Å². The summed E-state index contributed by atoms with van der Waals surface area (Å²) in [5.41, 5.74) is 3.59. The maximum atomic E-state index is 6.28. The number of benzene rings is 1. The van der Waals surface area contributed by atoms with Gasteiger partial charge in [-0.3, -0.25) is 0 Å². The number of thiazole rings is 1. The summed E-state index contributed by atoms with van der Waals surface area (Å²) in [5, 5.41) is 5.67. The van der Waals surface area contributed by atoms with Crippen LogP contribution in [0.4, 0.5) is 0 Å². The second kappa shape index (κ2) is 7.39. The summed E-state index contributed by atoms with van der Waals surface area (Å²) in [7, 11) is 0. The lowest BCUT2D eigenvalue weighted by molar-refractivity contribution is 0.526. The van der Waals surface area contributed by atoms with Crippen molar-refractivity contribution < 1.29 is 0 Å². The van der Waals surface area contributed by atoms with Gasteiger partial charge >= 0.3 is 0 Å². The van der Waals surface area contributed by atoms with E-state index in [-0.39, 0.29) is 6.04 Å². The van der Waals surface area contributed by atoms with E-state index in [4.69, 9.17) is 11.6 Å². The standard InChI is InChI=1S/C17H23ClN2S/c1-5-9-19-16(10-17-20-12(3)13(4)21-17)14-7-6-8-15(18)11(14)2/h6-8,16,19H,5,9-10H2,1-4H3. The Morgan fingerprint density at radius 3 is 2.67 bits per heavy atom. The van der Waals surface area contributed by atoms with Crippen LogP contribution in [0, 0.1) is 20.8 Å². The monoisotopic (exact) mass is 322 g/mol. The first-order chi connectivity index (χ1) is 10.0. The summed E-state index contributed by atoms with van der Waals surface area (Å²) >= 11 is 8.08. The molecule has 0 aliphatic carbocycles. The second-order valence-electron chi connectivity index (χ2n) is 5.41. The van der Waals surface area contributed by atoms with Gasteiger partial charge in [0.15, 0.2) is 0 Å². The molecular formula is C17H23ClN2S. The minimum absolute atomic E-state index is 0.272. The number of nitrogens with zero attached hydrogens (tertiary/aromatic N) is 1. The Labute approximate surface area is 136 Å². The van der Waals surface area contributed by atoms with Crippen LogP contribution < -0.4 is 5.32 Å². The highest BCUT2D eigenvalue weighted by molar-refractivity contribution is 7.11. The lowest BCUT2D eigenvalue weighted by Crippen LogP contribution is -2.24. The Morgan fingerprint density at radius 2 is 2.05 bits per heavy atom. The van der Waals surface area contributed by atoms with Crippen molar-refractivity contribution in [2.24, 2.45) is 0 Å². The van der Waals surface area contributed by atoms with Crippen molar-refractivity contribution in [2.75, 3.05) is 6.54 Å². The molecule has 1 unspecified atom stereocenters. The van der Waals surface area contributed by atoms with Crippen LogP contribution in [-0.2, 0) is 6.42 Å². The summed E-state index contributed by atoms with van der Waals surface area (Å²) in [6, 6.07) is 6.43. The van der Waals surface area contributed by atoms with Gasteiger partial charge in [0, 0.05) is 22.4 Å². The molecule has 0 amide bonds. The number of hydrogen-bond donors (Lipinski definition) is 1. The number of nitrogens with one attached hydrogen (secondary N) is 1. The third-order valence-electron chi connectivity index (χ3n) is 3.78. The highest BCUT2D eigenvalue weighted by atomic mass is 35.5. The molecule has 0 radical (unpaired) electrons. The quantitative estimate of drug-likeness (QED) is 0.809. The summed E-state index contributed by atoms with van der Waals surface area (Å²) in [4.78, 5) is 5.99. The van der Waals surface area contributed by atoms with Crippen molar-refractivity contribution in [2.45, 2.75) is 46.6 Å². The van der Waals surface area contributed by atoms with E-state index in [9.17, 15) is 0 Å². The van der Waals surface area contributed by atoms with Gasteiger partial charge in [-0.25, -0.2) is 4.98 Å². The molecule has 1 aromatic heterocycles. The fourth-order valence-corrected chi connectivity index (χ4v) is 3.57. The first kappa shape index (κ1) is 16.5. The van der Waals surface area contributed by atoms with E-state index in [1.807, 2.05) is 12.1 Å². The van der Waals surface area contributed by atoms with Crippen LogP contribution in [0.15, 0.2) is 18.2 Å². The third kappa shape index (κ3) is 4.06. The molecule has 0 spiro atoms. The smallest absolute Gasteiger partial charge is 0.0949 e. The molecule has 2 rings (SSSR count). The fourth-order valence-electron chi connectivity index (χ4n) is 2.41. The van der Waals surface area contributed by atoms with E-state index < -0.39 is 0 Å². The van der Waals surface area contributed by atoms with Crippen LogP contribution >= 0.6 is 22.9 Å². The maximum Gasteiger partial charge on any atom is 0.0949 e. The van der Waals surface area contributed by atoms with E-state index in [1.165, 1.54) is 15.4 Å². The van der Waals surface area contributed by atoms with Gasteiger partial charge in [0.2, 0.25) is 0 Å². The van der Waals surface area contributed by atoms with Gasteiger partial charge in [-0.2, -0.15) is 0 Å². The number of aryl methyl sites for hydroxylation is 2. The average molecular weight is 323 g/mol. The number of rotatable bonds is 6. The molecule has 2 nitrogen and oxygen atoms in total. The van der Waals surface area contributed by atoms with E-state index >= 15 is 0 Å². The first-order valence-electron chi connectivity index (χ1n) is 7.44. The van der Waals surface area contributed by atoms with E-state index in [0.717, 1.165) is 35.7 Å². The van der Waals surface area contributed by atoms with Crippen molar-refractivity contribution in [1.29, 1.82) is 0 Å². The van der Waals surface area contributed by atoms with Gasteiger partial charge in [0.25, 0.3) is 0 Å². The number of hydrogen-bond acceptors (Lipinski definition) is 3. The Bertz CT molecular complexity index is 587. The summed E-state index contributed by atoms with van der Waals surface area (Å²) < 4.78 is 0. The molecule has 4 heteroatoms. The van der Waals surface area contributed by atoms with Crippen molar-refractivity contribution in [3.8, 4) is 0 Å². The lowest BCUT2D eigenvalue weighted by Gasteiger charge is -2.20. The van der Waals surface area contributed by atoms with Crippen LogP contribution in [0.2, 0.25) is 5.02 Å². The van der Waals surface area contributed by atoms with Crippen molar-refractivity contribution in [3.63, 3.8) is 0 Å². The molecule has 114 valence electrons. The third-order valence-corrected chi connectivity index (χ3v) is 5.28. The normalized spacial score (nSPS) is 12.6. The summed E-state index contributed by atoms with van der Waals surface area (Å²) in [5.74, 6) is 0. The Hall–Kier alpha value is -0.900. The molecular weight excluding hydrogens is 300 g/mol. The highest BCUT2D eigenvalue weighted by Crippen LogP contribution is 2.28. The Kier molecular flexibility index (Phi) is 5.80. The summed E-state index contributed by atoms with van der Waals surface area (Å²) in [6.07, 6.45) is 2.03. The van der Waals surface area contributed by atoms with Crippen LogP contribution in [0.3, 0.4) is 0 Å². The van der Waals surface area contributed by atoms with Gasteiger partial charge < -0.3 is 5.32 Å². The van der Waals surface area contributed by atoms with Crippen LogP contribution in [0.5, 0.6) is 0 Å². The van der Waals surface area contributed by atoms with Gasteiger partial charge in [-0.05, 0) is 50.9 Å². The topological polar surface area (TPSA) is 24.9 Å².